The van der Waals surface area contributed by atoms with E-state index < -0.39 is 0 Å². The summed E-state index contributed by atoms with van der Waals surface area (Å²) in [7, 11) is 0. The number of benzene rings is 1. The molecule has 0 fully saturated rings. The first kappa shape index (κ1) is 12.6. The smallest absolute Gasteiger partial charge is 0.0680 e. The lowest BCUT2D eigenvalue weighted by molar-refractivity contribution is 0.679. The van der Waals surface area contributed by atoms with Crippen molar-refractivity contribution in [2.75, 3.05) is 5.43 Å². The molecule has 0 radical (unpaired) electrons. The molecule has 0 aliphatic heterocycles. The molecule has 1 aromatic carbocycles. The van der Waals surface area contributed by atoms with Gasteiger partial charge in [-0.25, -0.2) is 0 Å². The first-order chi connectivity index (χ1) is 8.61. The molecule has 0 saturated heterocycles. The van der Waals surface area contributed by atoms with Crippen molar-refractivity contribution in [3.8, 4) is 0 Å². The lowest BCUT2D eigenvalue weighted by atomic mass is 10.1. The summed E-state index contributed by atoms with van der Waals surface area (Å²) in [5.74, 6) is 6.01. The second-order valence-electron chi connectivity index (χ2n) is 4.82. The van der Waals surface area contributed by atoms with Crippen molar-refractivity contribution in [1.82, 2.24) is 9.78 Å². The van der Waals surface area contributed by atoms with Gasteiger partial charge in [0.15, 0.2) is 0 Å². The van der Waals surface area contributed by atoms with Crippen LogP contribution in [0.2, 0.25) is 0 Å². The van der Waals surface area contributed by atoms with Crippen LogP contribution in [-0.4, -0.2) is 9.78 Å². The highest BCUT2D eigenvalue weighted by atomic mass is 15.3. The summed E-state index contributed by atoms with van der Waals surface area (Å²) in [6.45, 7) is 7.15. The number of nitrogens with two attached hydrogens (primary N) is 1. The van der Waals surface area contributed by atoms with Crippen LogP contribution in [0.3, 0.4) is 0 Å². The number of aromatic nitrogens is 2. The number of nitrogens with one attached hydrogen (secondary N) is 1. The molecule has 0 saturated carbocycles. The van der Waals surface area contributed by atoms with Crippen molar-refractivity contribution >= 4 is 5.69 Å². The SMILES string of the molecule is Cc1nn(Cc2ccccc2NN)cc1C(C)C. The zero-order valence-electron chi connectivity index (χ0n) is 11.1. The van der Waals surface area contributed by atoms with Crippen LogP contribution < -0.4 is 11.3 Å². The Morgan fingerprint density at radius 2 is 2.06 bits per heavy atom. The molecule has 1 aromatic heterocycles. The molecule has 0 aliphatic carbocycles. The van der Waals surface area contributed by atoms with Crippen LogP contribution in [0.5, 0.6) is 0 Å². The first-order valence-electron chi connectivity index (χ1n) is 6.20. The lowest BCUT2D eigenvalue weighted by Gasteiger charge is -2.08. The van der Waals surface area contributed by atoms with E-state index in [4.69, 9.17) is 5.84 Å². The number of hydrazine groups is 1. The minimum Gasteiger partial charge on any atom is -0.324 e. The molecule has 2 rings (SSSR count). The van der Waals surface area contributed by atoms with Crippen molar-refractivity contribution in [3.05, 3.63) is 47.3 Å². The number of nitrogens with zero attached hydrogens (tertiary/aromatic N) is 2. The maximum atomic E-state index is 5.51. The van der Waals surface area contributed by atoms with Gasteiger partial charge in [-0.15, -0.1) is 0 Å². The maximum absolute atomic E-state index is 5.51. The fourth-order valence-corrected chi connectivity index (χ4v) is 2.15. The van der Waals surface area contributed by atoms with Gasteiger partial charge in [-0.3, -0.25) is 10.5 Å². The molecule has 18 heavy (non-hydrogen) atoms. The number of hydrogen-bond acceptors (Lipinski definition) is 3. The van der Waals surface area contributed by atoms with Gasteiger partial charge in [0.1, 0.15) is 0 Å². The summed E-state index contributed by atoms with van der Waals surface area (Å²) in [5, 5.41) is 4.55. The average molecular weight is 244 g/mol. The summed E-state index contributed by atoms with van der Waals surface area (Å²) in [4.78, 5) is 0. The fourth-order valence-electron chi connectivity index (χ4n) is 2.15. The molecule has 0 amide bonds. The molecule has 0 unspecified atom stereocenters. The molecule has 0 aliphatic rings. The van der Waals surface area contributed by atoms with E-state index in [2.05, 4.69) is 43.6 Å². The first-order valence-corrected chi connectivity index (χ1v) is 6.20. The molecular formula is C14H20N4. The zero-order chi connectivity index (χ0) is 13.1. The van der Waals surface area contributed by atoms with E-state index in [9.17, 15) is 0 Å². The van der Waals surface area contributed by atoms with E-state index in [0.717, 1.165) is 23.5 Å². The number of hydrogen-bond donors (Lipinski definition) is 2. The minimum absolute atomic E-state index is 0.502. The van der Waals surface area contributed by atoms with E-state index in [1.54, 1.807) is 0 Å². The lowest BCUT2D eigenvalue weighted by Crippen LogP contribution is -2.11. The van der Waals surface area contributed by atoms with Crippen molar-refractivity contribution in [2.24, 2.45) is 5.84 Å². The largest absolute Gasteiger partial charge is 0.324 e. The van der Waals surface area contributed by atoms with Gasteiger partial charge < -0.3 is 5.43 Å². The Kier molecular flexibility index (Phi) is 3.67. The van der Waals surface area contributed by atoms with Crippen LogP contribution >= 0.6 is 0 Å². The number of para-hydroxylation sites is 1. The summed E-state index contributed by atoms with van der Waals surface area (Å²) in [6.07, 6.45) is 2.12. The van der Waals surface area contributed by atoms with Gasteiger partial charge in [-0.1, -0.05) is 32.0 Å². The Balaban J connectivity index is 2.26. The van der Waals surface area contributed by atoms with Gasteiger partial charge in [0.05, 0.1) is 17.9 Å². The normalized spacial score (nSPS) is 10.9. The molecule has 0 bridgehead atoms. The second-order valence-corrected chi connectivity index (χ2v) is 4.82. The molecule has 4 nitrogen and oxygen atoms in total. The van der Waals surface area contributed by atoms with Crippen molar-refractivity contribution < 1.29 is 0 Å². The molecule has 3 N–H and O–H groups in total. The number of nitrogen functional groups attached to an aromatic ring is 1. The molecule has 96 valence electrons. The van der Waals surface area contributed by atoms with Crippen LogP contribution in [-0.2, 0) is 6.54 Å². The van der Waals surface area contributed by atoms with Gasteiger partial charge in [-0.2, -0.15) is 5.10 Å². The summed E-state index contributed by atoms with van der Waals surface area (Å²) < 4.78 is 1.97. The van der Waals surface area contributed by atoms with E-state index in [1.807, 2.05) is 22.9 Å². The van der Waals surface area contributed by atoms with E-state index in [0.29, 0.717) is 5.92 Å². The second kappa shape index (κ2) is 5.23. The third-order valence-electron chi connectivity index (χ3n) is 3.11. The predicted molar refractivity (Wildman–Crippen MR) is 74.4 cm³/mol. The number of rotatable bonds is 4. The van der Waals surface area contributed by atoms with Crippen LogP contribution in [0.4, 0.5) is 5.69 Å². The van der Waals surface area contributed by atoms with Crippen LogP contribution in [0.15, 0.2) is 30.5 Å². The van der Waals surface area contributed by atoms with Crippen LogP contribution in [0, 0.1) is 6.92 Å². The molecule has 1 heterocycles. The molecule has 2 aromatic rings. The monoisotopic (exact) mass is 244 g/mol. The van der Waals surface area contributed by atoms with Crippen LogP contribution in [0.1, 0.15) is 36.6 Å². The molecule has 0 spiro atoms. The van der Waals surface area contributed by atoms with Gasteiger partial charge in [0.2, 0.25) is 0 Å². The average Bonchev–Trinajstić information content (AvgIpc) is 2.71. The van der Waals surface area contributed by atoms with Gasteiger partial charge in [-0.05, 0) is 30.0 Å². The zero-order valence-corrected chi connectivity index (χ0v) is 11.1. The standard InChI is InChI=1S/C14H20N4/c1-10(2)13-9-18(17-11(13)3)8-12-6-4-5-7-14(12)16-15/h4-7,9-10,16H,8,15H2,1-3H3. The Hall–Kier alpha value is -1.81. The highest BCUT2D eigenvalue weighted by Crippen LogP contribution is 2.20. The van der Waals surface area contributed by atoms with Crippen molar-refractivity contribution in [2.45, 2.75) is 33.2 Å². The number of anilines is 1. The van der Waals surface area contributed by atoms with E-state index in [1.165, 1.54) is 5.56 Å². The number of aryl methyl sites for hydroxylation is 1. The quantitative estimate of drug-likeness (QED) is 0.642. The van der Waals surface area contributed by atoms with Crippen molar-refractivity contribution in [1.29, 1.82) is 0 Å². The van der Waals surface area contributed by atoms with Gasteiger partial charge in [0, 0.05) is 6.20 Å². The van der Waals surface area contributed by atoms with Gasteiger partial charge >= 0.3 is 0 Å². The summed E-state index contributed by atoms with van der Waals surface area (Å²) >= 11 is 0. The minimum atomic E-state index is 0.502. The Bertz CT molecular complexity index is 528. The Labute approximate surface area is 108 Å². The Morgan fingerprint density at radius 3 is 2.67 bits per heavy atom. The Morgan fingerprint density at radius 1 is 1.33 bits per heavy atom. The summed E-state index contributed by atoms with van der Waals surface area (Å²) in [6, 6.07) is 8.00. The van der Waals surface area contributed by atoms with E-state index >= 15 is 0 Å². The molecule has 4 heteroatoms. The summed E-state index contributed by atoms with van der Waals surface area (Å²) in [5.41, 5.74) is 7.20. The highest BCUT2D eigenvalue weighted by Gasteiger charge is 2.09. The topological polar surface area (TPSA) is 55.9 Å². The fraction of sp³-hybridized carbons (Fsp3) is 0.357. The maximum Gasteiger partial charge on any atom is 0.0680 e. The highest BCUT2D eigenvalue weighted by molar-refractivity contribution is 5.50. The van der Waals surface area contributed by atoms with E-state index in [-0.39, 0.29) is 0 Å². The predicted octanol–water partition coefficient (Wildman–Crippen LogP) is 2.65. The van der Waals surface area contributed by atoms with Crippen LogP contribution in [0.25, 0.3) is 0 Å². The van der Waals surface area contributed by atoms with Crippen molar-refractivity contribution in [3.63, 3.8) is 0 Å². The third-order valence-corrected chi connectivity index (χ3v) is 3.11. The van der Waals surface area contributed by atoms with Gasteiger partial charge in [0.25, 0.3) is 0 Å². The molecule has 0 atom stereocenters. The molecular weight excluding hydrogens is 224 g/mol. The third kappa shape index (κ3) is 2.54.